The van der Waals surface area contributed by atoms with Crippen molar-refractivity contribution in [3.63, 3.8) is 0 Å². The van der Waals surface area contributed by atoms with Gasteiger partial charge in [-0.3, -0.25) is 9.59 Å². The van der Waals surface area contributed by atoms with Crippen molar-refractivity contribution >= 4 is 11.8 Å². The molecular weight excluding hydrogens is 371 g/mol. The predicted octanol–water partition coefficient (Wildman–Crippen LogP) is 3.09. The Kier molecular flexibility index (Phi) is 5.91. The molecule has 0 N–H and O–H groups in total. The maximum atomic E-state index is 13.4. The van der Waals surface area contributed by atoms with Crippen LogP contribution in [0.2, 0.25) is 0 Å². The molecule has 0 aromatic heterocycles. The van der Waals surface area contributed by atoms with Crippen LogP contribution in [0.3, 0.4) is 0 Å². The van der Waals surface area contributed by atoms with Crippen LogP contribution < -0.4 is 0 Å². The van der Waals surface area contributed by atoms with Gasteiger partial charge in [-0.25, -0.2) is 4.39 Å². The minimum Gasteiger partial charge on any atom is -0.376 e. The fraction of sp³-hybridized carbons (Fsp3) is 0.652. The van der Waals surface area contributed by atoms with Crippen LogP contribution in [0, 0.1) is 18.2 Å². The molecular formula is C23H31FN2O3. The molecule has 1 aromatic rings. The molecule has 3 aliphatic heterocycles. The summed E-state index contributed by atoms with van der Waals surface area (Å²) in [5.41, 5.74) is 1.57. The van der Waals surface area contributed by atoms with Gasteiger partial charge in [-0.2, -0.15) is 0 Å². The highest BCUT2D eigenvalue weighted by Gasteiger charge is 2.42. The molecule has 0 aliphatic carbocycles. The fourth-order valence-corrected chi connectivity index (χ4v) is 5.04. The second-order valence-electron chi connectivity index (χ2n) is 9.05. The number of benzene rings is 1. The number of ether oxygens (including phenoxy) is 1. The van der Waals surface area contributed by atoms with E-state index in [-0.39, 0.29) is 29.2 Å². The van der Waals surface area contributed by atoms with E-state index in [0.717, 1.165) is 63.9 Å². The van der Waals surface area contributed by atoms with Crippen LogP contribution in [0.25, 0.3) is 0 Å². The molecule has 158 valence electrons. The van der Waals surface area contributed by atoms with E-state index in [0.29, 0.717) is 24.9 Å². The molecule has 0 saturated carbocycles. The Morgan fingerprint density at radius 1 is 1.28 bits per heavy atom. The summed E-state index contributed by atoms with van der Waals surface area (Å²) in [6.07, 6.45) is 6.05. The topological polar surface area (TPSA) is 49.9 Å². The average molecular weight is 403 g/mol. The number of rotatable bonds is 4. The van der Waals surface area contributed by atoms with Crippen molar-refractivity contribution in [2.24, 2.45) is 5.41 Å². The highest BCUT2D eigenvalue weighted by molar-refractivity contribution is 5.79. The number of carbonyl (C=O) groups is 2. The van der Waals surface area contributed by atoms with Gasteiger partial charge in [-0.05, 0) is 61.6 Å². The highest BCUT2D eigenvalue weighted by atomic mass is 19.1. The predicted molar refractivity (Wildman–Crippen MR) is 108 cm³/mol. The van der Waals surface area contributed by atoms with E-state index in [9.17, 15) is 14.0 Å². The Morgan fingerprint density at radius 3 is 2.76 bits per heavy atom. The molecule has 5 nitrogen and oxygen atoms in total. The van der Waals surface area contributed by atoms with Crippen LogP contribution in [-0.2, 0) is 20.7 Å². The normalized spacial score (nSPS) is 24.3. The third-order valence-electron chi connectivity index (χ3n) is 6.95. The third kappa shape index (κ3) is 4.63. The van der Waals surface area contributed by atoms with E-state index in [1.54, 1.807) is 19.1 Å². The van der Waals surface area contributed by atoms with Crippen molar-refractivity contribution in [2.75, 3.05) is 32.8 Å². The minimum absolute atomic E-state index is 0.106. The molecule has 3 fully saturated rings. The molecule has 1 atom stereocenters. The Hall–Kier alpha value is -1.95. The number of likely N-dealkylation sites (tertiary alicyclic amines) is 2. The highest BCUT2D eigenvalue weighted by Crippen LogP contribution is 2.40. The summed E-state index contributed by atoms with van der Waals surface area (Å²) >= 11 is 0. The van der Waals surface area contributed by atoms with Crippen LogP contribution in [0.1, 0.15) is 49.7 Å². The Bertz CT molecular complexity index is 767. The fourth-order valence-electron chi connectivity index (χ4n) is 5.04. The largest absolute Gasteiger partial charge is 0.376 e. The molecule has 3 saturated heterocycles. The lowest BCUT2D eigenvalue weighted by Gasteiger charge is -2.47. The molecule has 0 bridgehead atoms. The van der Waals surface area contributed by atoms with E-state index in [4.69, 9.17) is 4.74 Å². The van der Waals surface area contributed by atoms with Crippen molar-refractivity contribution < 1.29 is 18.7 Å². The molecule has 1 spiro atoms. The second-order valence-corrected chi connectivity index (χ2v) is 9.05. The van der Waals surface area contributed by atoms with Gasteiger partial charge in [-0.15, -0.1) is 0 Å². The van der Waals surface area contributed by atoms with E-state index >= 15 is 0 Å². The van der Waals surface area contributed by atoms with Crippen molar-refractivity contribution in [1.82, 2.24) is 9.80 Å². The number of hydrogen-bond acceptors (Lipinski definition) is 3. The Labute approximate surface area is 172 Å². The SMILES string of the molecule is Cc1cc(CC(=O)N2CCC3(CCC(=O)N(CC4CCCO4)C3)CC2)ccc1F. The first-order valence-electron chi connectivity index (χ1n) is 10.9. The molecule has 1 aromatic carbocycles. The summed E-state index contributed by atoms with van der Waals surface area (Å²) in [7, 11) is 0. The quantitative estimate of drug-likeness (QED) is 0.778. The molecule has 6 heteroatoms. The zero-order chi connectivity index (χ0) is 20.4. The smallest absolute Gasteiger partial charge is 0.226 e. The molecule has 0 radical (unpaired) electrons. The zero-order valence-electron chi connectivity index (χ0n) is 17.3. The van der Waals surface area contributed by atoms with E-state index in [1.165, 1.54) is 6.07 Å². The van der Waals surface area contributed by atoms with Gasteiger partial charge in [-0.1, -0.05) is 12.1 Å². The lowest BCUT2D eigenvalue weighted by Crippen LogP contribution is -2.53. The molecule has 2 amide bonds. The van der Waals surface area contributed by atoms with Crippen molar-refractivity contribution in [3.05, 3.63) is 35.1 Å². The van der Waals surface area contributed by atoms with Gasteiger partial charge in [0, 0.05) is 39.2 Å². The first kappa shape index (κ1) is 20.3. The summed E-state index contributed by atoms with van der Waals surface area (Å²) < 4.78 is 19.2. The number of piperidine rings is 2. The summed E-state index contributed by atoms with van der Waals surface area (Å²) in [5.74, 6) is 0.116. The first-order chi connectivity index (χ1) is 13.9. The number of nitrogens with zero attached hydrogens (tertiary/aromatic N) is 2. The lowest BCUT2D eigenvalue weighted by atomic mass is 9.72. The monoisotopic (exact) mass is 402 g/mol. The summed E-state index contributed by atoms with van der Waals surface area (Å²) in [6.45, 7) is 5.52. The Balaban J connectivity index is 1.32. The lowest BCUT2D eigenvalue weighted by molar-refractivity contribution is -0.143. The molecule has 29 heavy (non-hydrogen) atoms. The number of hydrogen-bond donors (Lipinski definition) is 0. The third-order valence-corrected chi connectivity index (χ3v) is 6.95. The minimum atomic E-state index is -0.236. The number of aryl methyl sites for hydroxylation is 1. The van der Waals surface area contributed by atoms with Crippen molar-refractivity contribution in [2.45, 2.75) is 58.0 Å². The maximum Gasteiger partial charge on any atom is 0.226 e. The second kappa shape index (κ2) is 8.42. The van der Waals surface area contributed by atoms with E-state index in [2.05, 4.69) is 0 Å². The summed E-state index contributed by atoms with van der Waals surface area (Å²) in [5, 5.41) is 0. The van der Waals surface area contributed by atoms with Gasteiger partial charge in [0.05, 0.1) is 12.5 Å². The number of halogens is 1. The van der Waals surface area contributed by atoms with Crippen LogP contribution in [0.15, 0.2) is 18.2 Å². The molecule has 3 aliphatic rings. The zero-order valence-corrected chi connectivity index (χ0v) is 17.3. The van der Waals surface area contributed by atoms with Gasteiger partial charge >= 0.3 is 0 Å². The number of carbonyl (C=O) groups excluding carboxylic acids is 2. The van der Waals surface area contributed by atoms with Crippen molar-refractivity contribution in [1.29, 1.82) is 0 Å². The van der Waals surface area contributed by atoms with Crippen LogP contribution in [0.5, 0.6) is 0 Å². The Morgan fingerprint density at radius 2 is 2.07 bits per heavy atom. The molecule has 1 unspecified atom stereocenters. The van der Waals surface area contributed by atoms with Gasteiger partial charge < -0.3 is 14.5 Å². The van der Waals surface area contributed by atoms with Crippen molar-refractivity contribution in [3.8, 4) is 0 Å². The van der Waals surface area contributed by atoms with Crippen LogP contribution in [-0.4, -0.2) is 60.5 Å². The average Bonchev–Trinajstić information content (AvgIpc) is 3.21. The van der Waals surface area contributed by atoms with E-state index in [1.807, 2.05) is 9.80 Å². The van der Waals surface area contributed by atoms with E-state index < -0.39 is 0 Å². The summed E-state index contributed by atoms with van der Waals surface area (Å²) in [6, 6.07) is 4.89. The first-order valence-corrected chi connectivity index (χ1v) is 10.9. The molecule has 3 heterocycles. The summed E-state index contributed by atoms with van der Waals surface area (Å²) in [4.78, 5) is 29.1. The van der Waals surface area contributed by atoms with Gasteiger partial charge in [0.2, 0.25) is 11.8 Å². The van der Waals surface area contributed by atoms with Crippen LogP contribution in [0.4, 0.5) is 4.39 Å². The van der Waals surface area contributed by atoms with Gasteiger partial charge in [0.15, 0.2) is 0 Å². The standard InChI is InChI=1S/C23H31FN2O3/c1-17-13-18(4-5-20(17)24)14-22(28)25-10-8-23(9-11-25)7-6-21(27)26(16-23)15-19-3-2-12-29-19/h4-5,13,19H,2-3,6-12,14-16H2,1H3. The van der Waals surface area contributed by atoms with Gasteiger partial charge in [0.1, 0.15) is 5.82 Å². The molecule has 4 rings (SSSR count). The van der Waals surface area contributed by atoms with Gasteiger partial charge in [0.25, 0.3) is 0 Å². The number of amides is 2. The maximum absolute atomic E-state index is 13.4. The van der Waals surface area contributed by atoms with Crippen LogP contribution >= 0.6 is 0 Å².